The van der Waals surface area contributed by atoms with E-state index in [1.54, 1.807) is 0 Å². The van der Waals surface area contributed by atoms with Gasteiger partial charge in [-0.05, 0) is 128 Å². The summed E-state index contributed by atoms with van der Waals surface area (Å²) in [5.74, 6) is 0. The van der Waals surface area contributed by atoms with Crippen molar-refractivity contribution >= 4 is 53.9 Å². The van der Waals surface area contributed by atoms with Gasteiger partial charge in [-0.2, -0.15) is 0 Å². The summed E-state index contributed by atoms with van der Waals surface area (Å²) in [6.45, 7) is 0. The molecule has 57 heavy (non-hydrogen) atoms. The largest absolute Gasteiger partial charge is 0.0719 e. The summed E-state index contributed by atoms with van der Waals surface area (Å²) in [6.07, 6.45) is 0. The zero-order valence-electron chi connectivity index (χ0n) is 31.3. The fourth-order valence-corrected chi connectivity index (χ4v) is 10.3. The van der Waals surface area contributed by atoms with Gasteiger partial charge in [0.05, 0.1) is 5.41 Å². The van der Waals surface area contributed by atoms with E-state index in [-0.39, 0.29) is 0 Å². The molecule has 0 nitrogen and oxygen atoms in total. The standard InChI is InChI=1S/C57H36/c1-3-20-42(21-4-1)57(43-22-5-2-6-23-43)53-29-14-13-27-49(53)55-52(47-28-15-19-37-16-7-10-24-44(37)47)35-40-30-31-41(36-50(40)56(55)57)54-46-26-12-9-18-39(46)34-51-45-25-11-8-17-38(45)32-33-48(51)54/h1-36H. The van der Waals surface area contributed by atoms with Crippen LogP contribution in [0.2, 0.25) is 0 Å². The van der Waals surface area contributed by atoms with Gasteiger partial charge in [-0.15, -0.1) is 0 Å². The fourth-order valence-electron chi connectivity index (χ4n) is 10.3. The first-order valence-corrected chi connectivity index (χ1v) is 19.9. The SMILES string of the molecule is c1ccc(C2(c3ccccc3)c3ccccc3-c3c(-c4cccc5ccccc45)cc4ccc(-c5c6ccccc6cc6c5ccc5ccccc56)cc4c32)cc1. The first-order valence-electron chi connectivity index (χ1n) is 19.9. The summed E-state index contributed by atoms with van der Waals surface area (Å²) in [6, 6.07) is 81.7. The highest BCUT2D eigenvalue weighted by atomic mass is 14.5. The Morgan fingerprint density at radius 1 is 0.263 bits per heavy atom. The fraction of sp³-hybridized carbons (Fsp3) is 0.0175. The molecule has 1 aliphatic carbocycles. The molecule has 0 radical (unpaired) electrons. The van der Waals surface area contributed by atoms with E-state index in [2.05, 4.69) is 218 Å². The molecule has 0 unspecified atom stereocenters. The van der Waals surface area contributed by atoms with Crippen molar-refractivity contribution in [3.63, 3.8) is 0 Å². The third-order valence-electron chi connectivity index (χ3n) is 12.7. The normalized spacial score (nSPS) is 13.1. The summed E-state index contributed by atoms with van der Waals surface area (Å²) in [5, 5.41) is 12.7. The Labute approximate surface area is 331 Å². The van der Waals surface area contributed by atoms with E-state index in [9.17, 15) is 0 Å². The van der Waals surface area contributed by atoms with E-state index in [0.717, 1.165) is 0 Å². The van der Waals surface area contributed by atoms with Gasteiger partial charge >= 0.3 is 0 Å². The van der Waals surface area contributed by atoms with Crippen molar-refractivity contribution in [2.24, 2.45) is 0 Å². The van der Waals surface area contributed by atoms with E-state index in [4.69, 9.17) is 0 Å². The second-order valence-corrected chi connectivity index (χ2v) is 15.5. The highest BCUT2D eigenvalue weighted by molar-refractivity contribution is 6.21. The van der Waals surface area contributed by atoms with Crippen LogP contribution in [0.4, 0.5) is 0 Å². The van der Waals surface area contributed by atoms with Crippen LogP contribution in [0.1, 0.15) is 22.3 Å². The maximum Gasteiger partial charge on any atom is 0.0719 e. The molecular formula is C57H36. The van der Waals surface area contributed by atoms with Crippen molar-refractivity contribution in [2.75, 3.05) is 0 Å². The Hall–Kier alpha value is -7.28. The van der Waals surface area contributed by atoms with Crippen molar-refractivity contribution in [1.82, 2.24) is 0 Å². The monoisotopic (exact) mass is 720 g/mol. The van der Waals surface area contributed by atoms with Crippen molar-refractivity contribution in [3.05, 3.63) is 241 Å². The summed E-state index contributed by atoms with van der Waals surface area (Å²) >= 11 is 0. The predicted octanol–water partition coefficient (Wildman–Crippen LogP) is 15.1. The Bertz CT molecular complexity index is 3350. The lowest BCUT2D eigenvalue weighted by Gasteiger charge is -2.35. The molecule has 0 fully saturated rings. The van der Waals surface area contributed by atoms with Gasteiger partial charge in [0, 0.05) is 0 Å². The number of hydrogen-bond donors (Lipinski definition) is 0. The molecule has 264 valence electrons. The van der Waals surface area contributed by atoms with Crippen LogP contribution in [0.5, 0.6) is 0 Å². The molecule has 1 aliphatic rings. The Morgan fingerprint density at radius 3 is 1.60 bits per heavy atom. The van der Waals surface area contributed by atoms with E-state index < -0.39 is 5.41 Å². The third kappa shape index (κ3) is 4.56. The zero-order chi connectivity index (χ0) is 37.5. The minimum atomic E-state index is -0.567. The van der Waals surface area contributed by atoms with Crippen molar-refractivity contribution in [1.29, 1.82) is 0 Å². The van der Waals surface area contributed by atoms with E-state index in [1.165, 1.54) is 109 Å². The average molecular weight is 721 g/mol. The Morgan fingerprint density at radius 2 is 0.825 bits per heavy atom. The lowest BCUT2D eigenvalue weighted by Crippen LogP contribution is -2.28. The molecule has 0 saturated carbocycles. The molecule has 0 saturated heterocycles. The number of hydrogen-bond acceptors (Lipinski definition) is 0. The number of benzene rings is 11. The molecule has 0 heteroatoms. The van der Waals surface area contributed by atoms with Crippen LogP contribution in [0.15, 0.2) is 218 Å². The van der Waals surface area contributed by atoms with Gasteiger partial charge in [0.2, 0.25) is 0 Å². The van der Waals surface area contributed by atoms with Gasteiger partial charge in [0.1, 0.15) is 0 Å². The van der Waals surface area contributed by atoms with Crippen LogP contribution >= 0.6 is 0 Å². The lowest BCUT2D eigenvalue weighted by molar-refractivity contribution is 0.775. The summed E-state index contributed by atoms with van der Waals surface area (Å²) in [4.78, 5) is 0. The average Bonchev–Trinajstić information content (AvgIpc) is 3.60. The number of rotatable bonds is 4. The molecule has 0 spiro atoms. The molecule has 0 bridgehead atoms. The zero-order valence-corrected chi connectivity index (χ0v) is 31.3. The molecule has 11 aromatic rings. The van der Waals surface area contributed by atoms with Gasteiger partial charge in [-0.1, -0.05) is 200 Å². The molecule has 0 aliphatic heterocycles. The third-order valence-corrected chi connectivity index (χ3v) is 12.7. The molecule has 0 atom stereocenters. The molecule has 12 rings (SSSR count). The molecular weight excluding hydrogens is 685 g/mol. The maximum atomic E-state index is 2.52. The van der Waals surface area contributed by atoms with Crippen LogP contribution in [-0.2, 0) is 5.41 Å². The van der Waals surface area contributed by atoms with Crippen LogP contribution in [0.25, 0.3) is 87.2 Å². The smallest absolute Gasteiger partial charge is 0.0622 e. The minimum Gasteiger partial charge on any atom is -0.0622 e. The first kappa shape index (κ1) is 32.0. The molecule has 0 amide bonds. The first-order chi connectivity index (χ1) is 28.3. The quantitative estimate of drug-likeness (QED) is 0.125. The molecule has 0 N–H and O–H groups in total. The topological polar surface area (TPSA) is 0 Å². The van der Waals surface area contributed by atoms with Gasteiger partial charge in [0.25, 0.3) is 0 Å². The summed E-state index contributed by atoms with van der Waals surface area (Å²) < 4.78 is 0. The highest BCUT2D eigenvalue weighted by Gasteiger charge is 2.48. The van der Waals surface area contributed by atoms with E-state index in [0.29, 0.717) is 0 Å². The predicted molar refractivity (Wildman–Crippen MR) is 242 cm³/mol. The molecule has 0 heterocycles. The maximum absolute atomic E-state index is 2.52. The van der Waals surface area contributed by atoms with Crippen molar-refractivity contribution in [3.8, 4) is 33.4 Å². The lowest BCUT2D eigenvalue weighted by atomic mass is 9.66. The second kappa shape index (κ2) is 12.4. The van der Waals surface area contributed by atoms with Crippen molar-refractivity contribution < 1.29 is 0 Å². The van der Waals surface area contributed by atoms with Crippen molar-refractivity contribution in [2.45, 2.75) is 5.41 Å². The van der Waals surface area contributed by atoms with Crippen LogP contribution in [0, 0.1) is 0 Å². The Kier molecular flexibility index (Phi) is 6.94. The number of fused-ring (bicyclic) bond motifs is 10. The highest BCUT2D eigenvalue weighted by Crippen LogP contribution is 2.61. The Balaban J connectivity index is 1.28. The summed E-state index contributed by atoms with van der Waals surface area (Å²) in [5.41, 5.74) is 12.3. The van der Waals surface area contributed by atoms with Gasteiger partial charge in [-0.25, -0.2) is 0 Å². The molecule has 0 aromatic heterocycles. The van der Waals surface area contributed by atoms with E-state index >= 15 is 0 Å². The van der Waals surface area contributed by atoms with Crippen LogP contribution < -0.4 is 0 Å². The molecule has 11 aromatic carbocycles. The summed E-state index contributed by atoms with van der Waals surface area (Å²) in [7, 11) is 0. The van der Waals surface area contributed by atoms with Crippen LogP contribution in [-0.4, -0.2) is 0 Å². The van der Waals surface area contributed by atoms with Gasteiger partial charge < -0.3 is 0 Å². The second-order valence-electron chi connectivity index (χ2n) is 15.5. The van der Waals surface area contributed by atoms with Crippen LogP contribution in [0.3, 0.4) is 0 Å². The van der Waals surface area contributed by atoms with Gasteiger partial charge in [0.15, 0.2) is 0 Å². The van der Waals surface area contributed by atoms with E-state index in [1.807, 2.05) is 0 Å². The van der Waals surface area contributed by atoms with Gasteiger partial charge in [-0.3, -0.25) is 0 Å². The minimum absolute atomic E-state index is 0.567.